The van der Waals surface area contributed by atoms with Crippen LogP contribution in [0.4, 0.5) is 10.5 Å². The molecular weight excluding hydrogens is 338 g/mol. The number of carboxylic acids is 1. The molecule has 0 bridgehead atoms. The molecule has 1 aromatic carbocycles. The summed E-state index contributed by atoms with van der Waals surface area (Å²) in [4.78, 5) is 26.8. The predicted octanol–water partition coefficient (Wildman–Crippen LogP) is 2.86. The van der Waals surface area contributed by atoms with Crippen LogP contribution in [0.1, 0.15) is 16.1 Å². The van der Waals surface area contributed by atoms with E-state index in [9.17, 15) is 9.59 Å². The largest absolute Gasteiger partial charge is 0.478 e. The number of carbonyl (C=O) groups excluding carboxylic acids is 1. The van der Waals surface area contributed by atoms with Gasteiger partial charge in [-0.3, -0.25) is 4.98 Å². The lowest BCUT2D eigenvalue weighted by molar-refractivity contribution is 0.0696. The number of nitrogens with zero attached hydrogens (tertiary/aromatic N) is 1. The number of aromatic nitrogens is 1. The topological polar surface area (TPSA) is 91.3 Å². The van der Waals surface area contributed by atoms with Crippen LogP contribution in [0, 0.1) is 0 Å². The van der Waals surface area contributed by atoms with Crippen molar-refractivity contribution in [2.45, 2.75) is 6.54 Å². The molecule has 108 valence electrons. The van der Waals surface area contributed by atoms with E-state index in [2.05, 4.69) is 31.5 Å². The Morgan fingerprint density at radius 3 is 2.71 bits per heavy atom. The molecule has 0 atom stereocenters. The highest BCUT2D eigenvalue weighted by Crippen LogP contribution is 2.21. The molecule has 3 N–H and O–H groups in total. The quantitative estimate of drug-likeness (QED) is 0.791. The van der Waals surface area contributed by atoms with E-state index in [4.69, 9.17) is 5.11 Å². The maximum Gasteiger partial charge on any atom is 0.336 e. The highest BCUT2D eigenvalue weighted by atomic mass is 79.9. The first-order valence-corrected chi connectivity index (χ1v) is 6.83. The van der Waals surface area contributed by atoms with Crippen molar-refractivity contribution in [1.29, 1.82) is 0 Å². The average Bonchev–Trinajstić information content (AvgIpc) is 2.48. The number of pyridine rings is 1. The van der Waals surface area contributed by atoms with Crippen molar-refractivity contribution in [2.75, 3.05) is 5.32 Å². The standard InChI is InChI=1S/C14H12BrN3O3/c15-12-5-4-9(7-11(12)13(19)20)18-14(21)17-8-10-3-1-2-6-16-10/h1-7H,8H2,(H,19,20)(H2,17,18,21). The Labute approximate surface area is 129 Å². The van der Waals surface area contributed by atoms with Crippen LogP contribution in [-0.2, 0) is 6.54 Å². The van der Waals surface area contributed by atoms with Gasteiger partial charge in [0.15, 0.2) is 0 Å². The molecule has 1 aromatic heterocycles. The van der Waals surface area contributed by atoms with E-state index in [0.29, 0.717) is 10.2 Å². The van der Waals surface area contributed by atoms with Crippen LogP contribution < -0.4 is 10.6 Å². The molecule has 6 nitrogen and oxygen atoms in total. The molecule has 0 spiro atoms. The first-order valence-electron chi connectivity index (χ1n) is 6.04. The number of carboxylic acid groups (broad SMARTS) is 1. The second-order valence-corrected chi connectivity index (χ2v) is 4.98. The summed E-state index contributed by atoms with van der Waals surface area (Å²) in [5.41, 5.74) is 1.21. The Kier molecular flexibility index (Phi) is 4.89. The highest BCUT2D eigenvalue weighted by Gasteiger charge is 2.10. The molecule has 0 aliphatic carbocycles. The molecule has 21 heavy (non-hydrogen) atoms. The minimum absolute atomic E-state index is 0.0810. The van der Waals surface area contributed by atoms with E-state index >= 15 is 0 Å². The Hall–Kier alpha value is -2.41. The third kappa shape index (κ3) is 4.28. The molecule has 0 saturated carbocycles. The minimum atomic E-state index is -1.07. The van der Waals surface area contributed by atoms with Crippen molar-refractivity contribution in [3.8, 4) is 0 Å². The van der Waals surface area contributed by atoms with Gasteiger partial charge < -0.3 is 15.7 Å². The number of anilines is 1. The van der Waals surface area contributed by atoms with Gasteiger partial charge >= 0.3 is 12.0 Å². The normalized spacial score (nSPS) is 9.95. The van der Waals surface area contributed by atoms with Crippen molar-refractivity contribution in [2.24, 2.45) is 0 Å². The fourth-order valence-electron chi connectivity index (χ4n) is 1.62. The highest BCUT2D eigenvalue weighted by molar-refractivity contribution is 9.10. The SMILES string of the molecule is O=C(NCc1ccccn1)Nc1ccc(Br)c(C(=O)O)c1. The molecule has 0 unspecified atom stereocenters. The van der Waals surface area contributed by atoms with Gasteiger partial charge in [0, 0.05) is 16.4 Å². The minimum Gasteiger partial charge on any atom is -0.478 e. The van der Waals surface area contributed by atoms with Gasteiger partial charge in [-0.1, -0.05) is 6.07 Å². The number of carbonyl (C=O) groups is 2. The van der Waals surface area contributed by atoms with Gasteiger partial charge in [-0.2, -0.15) is 0 Å². The molecule has 2 aromatic rings. The number of halogens is 1. The fourth-order valence-corrected chi connectivity index (χ4v) is 2.03. The average molecular weight is 350 g/mol. The molecule has 1 heterocycles. The summed E-state index contributed by atoms with van der Waals surface area (Å²) < 4.78 is 0.453. The van der Waals surface area contributed by atoms with Gasteiger partial charge in [-0.25, -0.2) is 9.59 Å². The second kappa shape index (κ2) is 6.85. The van der Waals surface area contributed by atoms with E-state index in [1.54, 1.807) is 30.5 Å². The Morgan fingerprint density at radius 2 is 2.05 bits per heavy atom. The van der Waals surface area contributed by atoms with Crippen LogP contribution in [0.25, 0.3) is 0 Å². The van der Waals surface area contributed by atoms with E-state index < -0.39 is 12.0 Å². The Bertz CT molecular complexity index is 662. The number of urea groups is 1. The maximum atomic E-state index is 11.7. The van der Waals surface area contributed by atoms with Crippen molar-refractivity contribution >= 4 is 33.6 Å². The van der Waals surface area contributed by atoms with Crippen LogP contribution in [0.3, 0.4) is 0 Å². The van der Waals surface area contributed by atoms with Crippen molar-refractivity contribution in [3.63, 3.8) is 0 Å². The van der Waals surface area contributed by atoms with E-state index in [0.717, 1.165) is 5.69 Å². The van der Waals surface area contributed by atoms with Crippen LogP contribution in [-0.4, -0.2) is 22.1 Å². The number of hydrogen-bond donors (Lipinski definition) is 3. The summed E-state index contributed by atoms with van der Waals surface area (Å²) in [6.07, 6.45) is 1.64. The Balaban J connectivity index is 1.97. The lowest BCUT2D eigenvalue weighted by Crippen LogP contribution is -2.28. The summed E-state index contributed by atoms with van der Waals surface area (Å²) in [6, 6.07) is 9.54. The number of rotatable bonds is 4. The van der Waals surface area contributed by atoms with Gasteiger partial charge in [-0.05, 0) is 46.3 Å². The number of amides is 2. The van der Waals surface area contributed by atoms with Crippen molar-refractivity contribution in [1.82, 2.24) is 10.3 Å². The molecule has 0 saturated heterocycles. The first kappa shape index (κ1) is 15.0. The van der Waals surface area contributed by atoms with Gasteiger partial charge in [0.25, 0.3) is 0 Å². The smallest absolute Gasteiger partial charge is 0.336 e. The predicted molar refractivity (Wildman–Crippen MR) is 81.2 cm³/mol. The fraction of sp³-hybridized carbons (Fsp3) is 0.0714. The molecule has 0 aliphatic heterocycles. The van der Waals surface area contributed by atoms with Crippen LogP contribution >= 0.6 is 15.9 Å². The van der Waals surface area contributed by atoms with Crippen LogP contribution in [0.2, 0.25) is 0 Å². The van der Waals surface area contributed by atoms with Gasteiger partial charge in [-0.15, -0.1) is 0 Å². The molecule has 0 radical (unpaired) electrons. The van der Waals surface area contributed by atoms with Crippen molar-refractivity contribution in [3.05, 3.63) is 58.3 Å². The summed E-state index contributed by atoms with van der Waals surface area (Å²) in [7, 11) is 0. The lowest BCUT2D eigenvalue weighted by Gasteiger charge is -2.08. The Morgan fingerprint density at radius 1 is 1.24 bits per heavy atom. The summed E-state index contributed by atoms with van der Waals surface area (Å²) in [5.74, 6) is -1.07. The van der Waals surface area contributed by atoms with Crippen LogP contribution in [0.5, 0.6) is 0 Å². The van der Waals surface area contributed by atoms with Crippen molar-refractivity contribution < 1.29 is 14.7 Å². The van der Waals surface area contributed by atoms with E-state index in [1.165, 1.54) is 6.07 Å². The first-order chi connectivity index (χ1) is 10.1. The number of nitrogens with one attached hydrogen (secondary N) is 2. The van der Waals surface area contributed by atoms with E-state index in [-0.39, 0.29) is 12.1 Å². The van der Waals surface area contributed by atoms with E-state index in [1.807, 2.05) is 6.07 Å². The number of benzene rings is 1. The summed E-state index contributed by atoms with van der Waals surface area (Å²) in [6.45, 7) is 0.287. The molecular formula is C14H12BrN3O3. The number of hydrogen-bond acceptors (Lipinski definition) is 3. The molecule has 0 aliphatic rings. The summed E-state index contributed by atoms with van der Waals surface area (Å²) >= 11 is 3.14. The zero-order chi connectivity index (χ0) is 15.2. The number of aromatic carboxylic acids is 1. The third-order valence-electron chi connectivity index (χ3n) is 2.61. The zero-order valence-corrected chi connectivity index (χ0v) is 12.4. The van der Waals surface area contributed by atoms with Crippen LogP contribution in [0.15, 0.2) is 47.1 Å². The molecule has 2 rings (SSSR count). The molecule has 0 fully saturated rings. The van der Waals surface area contributed by atoms with Gasteiger partial charge in [0.1, 0.15) is 0 Å². The third-order valence-corrected chi connectivity index (χ3v) is 3.30. The summed E-state index contributed by atoms with van der Waals surface area (Å²) in [5, 5.41) is 14.2. The molecule has 2 amide bonds. The van der Waals surface area contributed by atoms with Gasteiger partial charge in [0.05, 0.1) is 17.8 Å². The monoisotopic (exact) mass is 349 g/mol. The molecule has 7 heteroatoms. The second-order valence-electron chi connectivity index (χ2n) is 4.13. The maximum absolute atomic E-state index is 11.7. The van der Waals surface area contributed by atoms with Gasteiger partial charge in [0.2, 0.25) is 0 Å². The lowest BCUT2D eigenvalue weighted by atomic mass is 10.2. The zero-order valence-electron chi connectivity index (χ0n) is 10.8.